The van der Waals surface area contributed by atoms with E-state index in [9.17, 15) is 4.79 Å². The standard InChI is InChI=1S/C19H27N7O2/c1-13(16-21-18(20)23-19(22-16)24(2)3)25-9-11-26(12-10-25)17(27)14-5-7-15(28-4)8-6-14/h5-8,13H,9-12H2,1-4H3,(H2,20,21,22,23). The van der Waals surface area contributed by atoms with Crippen molar-refractivity contribution in [3.63, 3.8) is 0 Å². The molecule has 0 saturated carbocycles. The van der Waals surface area contributed by atoms with Crippen LogP contribution in [0.5, 0.6) is 5.75 Å². The van der Waals surface area contributed by atoms with Crippen LogP contribution in [0.3, 0.4) is 0 Å². The Kier molecular flexibility index (Phi) is 5.93. The Hall–Kier alpha value is -2.94. The van der Waals surface area contributed by atoms with Crippen molar-refractivity contribution in [3.8, 4) is 5.75 Å². The van der Waals surface area contributed by atoms with E-state index in [1.54, 1.807) is 36.3 Å². The number of benzene rings is 1. The van der Waals surface area contributed by atoms with Crippen LogP contribution in [0.25, 0.3) is 0 Å². The van der Waals surface area contributed by atoms with E-state index in [4.69, 9.17) is 10.5 Å². The van der Waals surface area contributed by atoms with Gasteiger partial charge in [0.1, 0.15) is 5.75 Å². The summed E-state index contributed by atoms with van der Waals surface area (Å²) < 4.78 is 5.15. The van der Waals surface area contributed by atoms with Gasteiger partial charge in [-0.25, -0.2) is 0 Å². The summed E-state index contributed by atoms with van der Waals surface area (Å²) in [5.74, 6) is 2.18. The van der Waals surface area contributed by atoms with Gasteiger partial charge in [0.2, 0.25) is 11.9 Å². The molecule has 2 aromatic rings. The lowest BCUT2D eigenvalue weighted by Gasteiger charge is -2.37. The summed E-state index contributed by atoms with van der Waals surface area (Å²) in [5.41, 5.74) is 6.51. The Balaban J connectivity index is 1.63. The Bertz CT molecular complexity index is 818. The maximum absolute atomic E-state index is 12.7. The van der Waals surface area contributed by atoms with Gasteiger partial charge in [0, 0.05) is 45.8 Å². The quantitative estimate of drug-likeness (QED) is 0.815. The average Bonchev–Trinajstić information content (AvgIpc) is 2.72. The van der Waals surface area contributed by atoms with Gasteiger partial charge in [-0.3, -0.25) is 9.69 Å². The zero-order chi connectivity index (χ0) is 20.3. The lowest BCUT2D eigenvalue weighted by atomic mass is 10.1. The fourth-order valence-electron chi connectivity index (χ4n) is 3.18. The molecule has 0 aliphatic carbocycles. The zero-order valence-electron chi connectivity index (χ0n) is 16.8. The van der Waals surface area contributed by atoms with Crippen molar-refractivity contribution in [3.05, 3.63) is 35.7 Å². The van der Waals surface area contributed by atoms with E-state index in [1.807, 2.05) is 19.0 Å². The van der Waals surface area contributed by atoms with Crippen LogP contribution in [-0.4, -0.2) is 78.0 Å². The Morgan fingerprint density at radius 1 is 1.11 bits per heavy atom. The largest absolute Gasteiger partial charge is 0.497 e. The second-order valence-electron chi connectivity index (χ2n) is 6.98. The minimum Gasteiger partial charge on any atom is -0.497 e. The number of piperazine rings is 1. The van der Waals surface area contributed by atoms with E-state index in [1.165, 1.54) is 0 Å². The molecule has 9 nitrogen and oxygen atoms in total. The maximum Gasteiger partial charge on any atom is 0.253 e. The molecular weight excluding hydrogens is 358 g/mol. The van der Waals surface area contributed by atoms with Crippen molar-refractivity contribution < 1.29 is 9.53 Å². The molecule has 1 atom stereocenters. The molecule has 0 bridgehead atoms. The van der Waals surface area contributed by atoms with Crippen LogP contribution < -0.4 is 15.4 Å². The van der Waals surface area contributed by atoms with E-state index in [0.717, 1.165) is 18.8 Å². The predicted octanol–water partition coefficient (Wildman–Crippen LogP) is 1.05. The van der Waals surface area contributed by atoms with Crippen LogP contribution in [0.1, 0.15) is 29.1 Å². The highest BCUT2D eigenvalue weighted by Gasteiger charge is 2.27. The number of aromatic nitrogens is 3. The predicted molar refractivity (Wildman–Crippen MR) is 107 cm³/mol. The summed E-state index contributed by atoms with van der Waals surface area (Å²) in [7, 11) is 5.35. The molecule has 1 fully saturated rings. The summed E-state index contributed by atoms with van der Waals surface area (Å²) in [6, 6.07) is 7.19. The van der Waals surface area contributed by atoms with Crippen molar-refractivity contribution in [1.82, 2.24) is 24.8 Å². The summed E-state index contributed by atoms with van der Waals surface area (Å²) in [5, 5.41) is 0. The van der Waals surface area contributed by atoms with E-state index >= 15 is 0 Å². The van der Waals surface area contributed by atoms with Crippen LogP contribution in [-0.2, 0) is 0 Å². The number of carbonyl (C=O) groups excluding carboxylic acids is 1. The average molecular weight is 385 g/mol. The number of nitrogen functional groups attached to an aromatic ring is 1. The number of hydrogen-bond acceptors (Lipinski definition) is 8. The zero-order valence-corrected chi connectivity index (χ0v) is 16.8. The number of hydrogen-bond donors (Lipinski definition) is 1. The van der Waals surface area contributed by atoms with Crippen LogP contribution in [0, 0.1) is 0 Å². The molecule has 2 N–H and O–H groups in total. The first-order valence-corrected chi connectivity index (χ1v) is 9.25. The van der Waals surface area contributed by atoms with Crippen LogP contribution in [0.4, 0.5) is 11.9 Å². The molecule has 1 aromatic heterocycles. The highest BCUT2D eigenvalue weighted by atomic mass is 16.5. The third-order valence-corrected chi connectivity index (χ3v) is 4.92. The lowest BCUT2D eigenvalue weighted by Crippen LogP contribution is -2.49. The van der Waals surface area contributed by atoms with Crippen molar-refractivity contribution in [2.75, 3.05) is 58.0 Å². The van der Waals surface area contributed by atoms with Crippen LogP contribution in [0.15, 0.2) is 24.3 Å². The van der Waals surface area contributed by atoms with Crippen molar-refractivity contribution in [2.45, 2.75) is 13.0 Å². The van der Waals surface area contributed by atoms with Crippen molar-refractivity contribution in [1.29, 1.82) is 0 Å². The van der Waals surface area contributed by atoms with Gasteiger partial charge >= 0.3 is 0 Å². The molecule has 1 saturated heterocycles. The third-order valence-electron chi connectivity index (χ3n) is 4.92. The van der Waals surface area contributed by atoms with Gasteiger partial charge in [0.15, 0.2) is 5.82 Å². The monoisotopic (exact) mass is 385 g/mol. The van der Waals surface area contributed by atoms with Crippen molar-refractivity contribution in [2.24, 2.45) is 0 Å². The number of carbonyl (C=O) groups is 1. The van der Waals surface area contributed by atoms with Gasteiger partial charge in [0.25, 0.3) is 5.91 Å². The van der Waals surface area contributed by atoms with E-state index in [-0.39, 0.29) is 17.9 Å². The van der Waals surface area contributed by atoms with Crippen LogP contribution >= 0.6 is 0 Å². The molecule has 1 aliphatic rings. The van der Waals surface area contributed by atoms with E-state index < -0.39 is 0 Å². The van der Waals surface area contributed by atoms with Gasteiger partial charge < -0.3 is 20.3 Å². The number of rotatable bonds is 5. The summed E-state index contributed by atoms with van der Waals surface area (Å²) in [6.45, 7) is 4.83. The molecule has 9 heteroatoms. The maximum atomic E-state index is 12.7. The highest BCUT2D eigenvalue weighted by Crippen LogP contribution is 2.21. The normalized spacial score (nSPS) is 15.9. The first-order valence-electron chi connectivity index (χ1n) is 9.25. The smallest absolute Gasteiger partial charge is 0.253 e. The Morgan fingerprint density at radius 3 is 2.32 bits per heavy atom. The minimum atomic E-state index is -0.0118. The van der Waals surface area contributed by atoms with Gasteiger partial charge in [0.05, 0.1) is 13.2 Å². The molecule has 2 heterocycles. The highest BCUT2D eigenvalue weighted by molar-refractivity contribution is 5.94. The summed E-state index contributed by atoms with van der Waals surface area (Å²) >= 11 is 0. The topological polar surface area (TPSA) is 101 Å². The first-order chi connectivity index (χ1) is 13.4. The van der Waals surface area contributed by atoms with Gasteiger partial charge in [-0.1, -0.05) is 0 Å². The number of ether oxygens (including phenoxy) is 1. The number of nitrogens with two attached hydrogens (primary N) is 1. The SMILES string of the molecule is COc1ccc(C(=O)N2CCN(C(C)c3nc(N)nc(N(C)C)n3)CC2)cc1. The summed E-state index contributed by atoms with van der Waals surface area (Å²) in [6.07, 6.45) is 0. The molecule has 0 radical (unpaired) electrons. The fraction of sp³-hybridized carbons (Fsp3) is 0.474. The Labute approximate surface area is 165 Å². The lowest BCUT2D eigenvalue weighted by molar-refractivity contribution is 0.0575. The molecule has 0 spiro atoms. The molecule has 1 amide bonds. The van der Waals surface area contributed by atoms with Gasteiger partial charge in [-0.2, -0.15) is 15.0 Å². The van der Waals surface area contributed by atoms with E-state index in [0.29, 0.717) is 30.4 Å². The number of nitrogens with zero attached hydrogens (tertiary/aromatic N) is 6. The number of methoxy groups -OCH3 is 1. The molecule has 28 heavy (non-hydrogen) atoms. The second kappa shape index (κ2) is 8.39. The third kappa shape index (κ3) is 4.30. The molecule has 3 rings (SSSR count). The fourth-order valence-corrected chi connectivity index (χ4v) is 3.18. The molecule has 1 unspecified atom stereocenters. The summed E-state index contributed by atoms with van der Waals surface area (Å²) in [4.78, 5) is 31.6. The van der Waals surface area contributed by atoms with Crippen molar-refractivity contribution >= 4 is 17.8 Å². The Morgan fingerprint density at radius 2 is 1.75 bits per heavy atom. The minimum absolute atomic E-state index is 0.0118. The number of anilines is 2. The number of amides is 1. The van der Waals surface area contributed by atoms with E-state index in [2.05, 4.69) is 26.8 Å². The van der Waals surface area contributed by atoms with Crippen LogP contribution in [0.2, 0.25) is 0 Å². The molecule has 1 aromatic carbocycles. The first kappa shape index (κ1) is 19.8. The van der Waals surface area contributed by atoms with Gasteiger partial charge in [-0.05, 0) is 31.2 Å². The molecule has 1 aliphatic heterocycles. The van der Waals surface area contributed by atoms with Gasteiger partial charge in [-0.15, -0.1) is 0 Å². The molecule has 150 valence electrons. The second-order valence-corrected chi connectivity index (χ2v) is 6.98. The molecular formula is C19H27N7O2.